The average molecular weight is 450 g/mol. The first-order chi connectivity index (χ1) is 16.0. The smallest absolute Gasteiger partial charge is 0.236 e. The summed E-state index contributed by atoms with van der Waals surface area (Å²) in [7, 11) is 3.58. The maximum absolute atomic E-state index is 13.6. The van der Waals surface area contributed by atoms with Crippen molar-refractivity contribution in [2.45, 2.75) is 12.6 Å². The molecule has 1 fully saturated rings. The van der Waals surface area contributed by atoms with Crippen LogP contribution in [0.3, 0.4) is 0 Å². The normalized spacial score (nSPS) is 16.1. The number of likely N-dealkylation sites (N-methyl/N-ethyl adjacent to an activating group) is 1. The SMILES string of the molecule is COc1ccc(CN(C)CC(=O)N2CCO[C@H](c3cccc(-c4cccc(F)c4)n3)C2)cc1. The highest BCUT2D eigenvalue weighted by molar-refractivity contribution is 5.78. The number of benzene rings is 2. The minimum absolute atomic E-state index is 0.0561. The Labute approximate surface area is 193 Å². The lowest BCUT2D eigenvalue weighted by Crippen LogP contribution is -2.46. The number of hydrogen-bond donors (Lipinski definition) is 0. The molecule has 1 aliphatic rings. The molecule has 6 nitrogen and oxygen atoms in total. The van der Waals surface area contributed by atoms with Gasteiger partial charge in [-0.15, -0.1) is 0 Å². The summed E-state index contributed by atoms with van der Waals surface area (Å²) in [6.07, 6.45) is -0.317. The van der Waals surface area contributed by atoms with Crippen LogP contribution in [0.25, 0.3) is 11.3 Å². The van der Waals surface area contributed by atoms with Crippen molar-refractivity contribution in [3.8, 4) is 17.0 Å². The van der Waals surface area contributed by atoms with Crippen LogP contribution in [0.15, 0.2) is 66.7 Å². The van der Waals surface area contributed by atoms with Crippen LogP contribution in [0.5, 0.6) is 5.75 Å². The molecule has 172 valence electrons. The molecule has 1 amide bonds. The Morgan fingerprint density at radius 2 is 1.97 bits per heavy atom. The van der Waals surface area contributed by atoms with Gasteiger partial charge in [-0.1, -0.05) is 30.3 Å². The molecule has 0 saturated carbocycles. The number of morpholine rings is 1. The summed E-state index contributed by atoms with van der Waals surface area (Å²) in [4.78, 5) is 21.5. The number of halogens is 1. The summed E-state index contributed by atoms with van der Waals surface area (Å²) in [6.45, 7) is 2.42. The van der Waals surface area contributed by atoms with Gasteiger partial charge in [0.1, 0.15) is 17.7 Å². The number of ether oxygens (including phenoxy) is 2. The molecular weight excluding hydrogens is 421 g/mol. The second kappa shape index (κ2) is 10.6. The molecule has 4 rings (SSSR count). The van der Waals surface area contributed by atoms with Crippen LogP contribution in [0.2, 0.25) is 0 Å². The number of carbonyl (C=O) groups excluding carboxylic acids is 1. The number of rotatable bonds is 7. The highest BCUT2D eigenvalue weighted by Crippen LogP contribution is 2.25. The van der Waals surface area contributed by atoms with Crippen LogP contribution in [-0.4, -0.2) is 61.1 Å². The third kappa shape index (κ3) is 5.94. The number of amides is 1. The first kappa shape index (κ1) is 22.9. The molecule has 1 atom stereocenters. The summed E-state index contributed by atoms with van der Waals surface area (Å²) < 4.78 is 24.7. The van der Waals surface area contributed by atoms with Crippen molar-refractivity contribution in [2.24, 2.45) is 0 Å². The lowest BCUT2D eigenvalue weighted by molar-refractivity contribution is -0.140. The van der Waals surface area contributed by atoms with Gasteiger partial charge in [-0.25, -0.2) is 9.37 Å². The second-order valence-electron chi connectivity index (χ2n) is 8.18. The minimum Gasteiger partial charge on any atom is -0.497 e. The fraction of sp³-hybridized carbons (Fsp3) is 0.308. The molecule has 0 radical (unpaired) electrons. The maximum atomic E-state index is 13.6. The van der Waals surface area contributed by atoms with Crippen LogP contribution >= 0.6 is 0 Å². The zero-order valence-electron chi connectivity index (χ0n) is 18.9. The van der Waals surface area contributed by atoms with Crippen molar-refractivity contribution in [1.82, 2.24) is 14.8 Å². The van der Waals surface area contributed by atoms with E-state index in [4.69, 9.17) is 9.47 Å². The Bertz CT molecular complexity index is 1090. The number of pyridine rings is 1. The molecule has 1 saturated heterocycles. The summed E-state index contributed by atoms with van der Waals surface area (Å²) >= 11 is 0. The molecule has 0 aliphatic carbocycles. The van der Waals surface area contributed by atoms with Crippen molar-refractivity contribution < 1.29 is 18.7 Å². The minimum atomic E-state index is -0.317. The molecule has 1 aromatic heterocycles. The zero-order chi connectivity index (χ0) is 23.2. The van der Waals surface area contributed by atoms with E-state index in [-0.39, 0.29) is 17.8 Å². The number of hydrogen-bond acceptors (Lipinski definition) is 5. The van der Waals surface area contributed by atoms with Crippen molar-refractivity contribution in [1.29, 1.82) is 0 Å². The quantitative estimate of drug-likeness (QED) is 0.547. The van der Waals surface area contributed by atoms with E-state index in [1.165, 1.54) is 12.1 Å². The Kier molecular flexibility index (Phi) is 7.32. The monoisotopic (exact) mass is 449 g/mol. The Hall–Kier alpha value is -3.29. The molecule has 1 aliphatic heterocycles. The summed E-state index contributed by atoms with van der Waals surface area (Å²) in [5.41, 5.74) is 3.24. The van der Waals surface area contributed by atoms with E-state index in [2.05, 4.69) is 4.98 Å². The van der Waals surface area contributed by atoms with Crippen molar-refractivity contribution in [3.63, 3.8) is 0 Å². The van der Waals surface area contributed by atoms with E-state index in [0.717, 1.165) is 17.0 Å². The third-order valence-corrected chi connectivity index (χ3v) is 5.66. The van der Waals surface area contributed by atoms with Gasteiger partial charge in [-0.2, -0.15) is 0 Å². The van der Waals surface area contributed by atoms with Crippen LogP contribution in [0.4, 0.5) is 4.39 Å². The van der Waals surface area contributed by atoms with Gasteiger partial charge in [0.2, 0.25) is 5.91 Å². The van der Waals surface area contributed by atoms with E-state index in [0.29, 0.717) is 44.0 Å². The molecule has 0 N–H and O–H groups in total. The summed E-state index contributed by atoms with van der Waals surface area (Å²) in [5.74, 6) is 0.566. The van der Waals surface area contributed by atoms with E-state index >= 15 is 0 Å². The number of nitrogens with zero attached hydrogens (tertiary/aromatic N) is 3. The van der Waals surface area contributed by atoms with Gasteiger partial charge < -0.3 is 14.4 Å². The predicted molar refractivity (Wildman–Crippen MR) is 124 cm³/mol. The molecular formula is C26H28FN3O3. The van der Waals surface area contributed by atoms with Crippen LogP contribution in [0, 0.1) is 5.82 Å². The first-order valence-corrected chi connectivity index (χ1v) is 11.0. The summed E-state index contributed by atoms with van der Waals surface area (Å²) in [6, 6.07) is 19.8. The highest BCUT2D eigenvalue weighted by atomic mass is 19.1. The van der Waals surface area contributed by atoms with Gasteiger partial charge in [0.05, 0.1) is 38.2 Å². The van der Waals surface area contributed by atoms with Crippen molar-refractivity contribution in [3.05, 3.63) is 83.8 Å². The van der Waals surface area contributed by atoms with Gasteiger partial charge in [0.25, 0.3) is 0 Å². The van der Waals surface area contributed by atoms with Crippen molar-refractivity contribution in [2.75, 3.05) is 40.4 Å². The molecule has 2 aromatic carbocycles. The number of methoxy groups -OCH3 is 1. The topological polar surface area (TPSA) is 54.9 Å². The van der Waals surface area contributed by atoms with Gasteiger partial charge in [0.15, 0.2) is 0 Å². The Morgan fingerprint density at radius 3 is 2.73 bits per heavy atom. The largest absolute Gasteiger partial charge is 0.497 e. The van der Waals surface area contributed by atoms with Gasteiger partial charge >= 0.3 is 0 Å². The molecule has 0 bridgehead atoms. The fourth-order valence-corrected chi connectivity index (χ4v) is 3.92. The molecule has 2 heterocycles. The summed E-state index contributed by atoms with van der Waals surface area (Å²) in [5, 5.41) is 0. The maximum Gasteiger partial charge on any atom is 0.236 e. The zero-order valence-corrected chi connectivity index (χ0v) is 18.9. The highest BCUT2D eigenvalue weighted by Gasteiger charge is 2.27. The van der Waals surface area contributed by atoms with Crippen molar-refractivity contribution >= 4 is 5.91 Å². The Morgan fingerprint density at radius 1 is 1.18 bits per heavy atom. The molecule has 3 aromatic rings. The van der Waals surface area contributed by atoms with Crippen LogP contribution in [-0.2, 0) is 16.1 Å². The lowest BCUT2D eigenvalue weighted by Gasteiger charge is -2.33. The second-order valence-corrected chi connectivity index (χ2v) is 8.18. The number of carbonyl (C=O) groups is 1. The molecule has 0 spiro atoms. The standard InChI is InChI=1S/C26H28FN3O3/c1-29(16-19-9-11-22(32-2)12-10-19)18-26(31)30-13-14-33-25(17-30)24-8-4-7-23(28-24)20-5-3-6-21(27)15-20/h3-12,15,25H,13-14,16-18H2,1-2H3/t25-/m0/s1. The molecule has 0 unspecified atom stereocenters. The Balaban J connectivity index is 1.37. The first-order valence-electron chi connectivity index (χ1n) is 11.0. The van der Waals surface area contributed by atoms with Gasteiger partial charge in [-0.3, -0.25) is 9.69 Å². The van der Waals surface area contributed by atoms with E-state index in [1.807, 2.05) is 65.4 Å². The van der Waals surface area contributed by atoms with E-state index in [9.17, 15) is 9.18 Å². The van der Waals surface area contributed by atoms with Gasteiger partial charge in [-0.05, 0) is 49.0 Å². The van der Waals surface area contributed by atoms with E-state index < -0.39 is 0 Å². The number of aromatic nitrogens is 1. The molecule has 33 heavy (non-hydrogen) atoms. The average Bonchev–Trinajstić information content (AvgIpc) is 2.84. The van der Waals surface area contributed by atoms with Gasteiger partial charge in [0, 0.05) is 18.7 Å². The third-order valence-electron chi connectivity index (χ3n) is 5.66. The van der Waals surface area contributed by atoms with Crippen LogP contribution < -0.4 is 4.74 Å². The fourth-order valence-electron chi connectivity index (χ4n) is 3.92. The predicted octanol–water partition coefficient (Wildman–Crippen LogP) is 3.93. The van der Waals surface area contributed by atoms with Crippen LogP contribution in [0.1, 0.15) is 17.4 Å². The lowest BCUT2D eigenvalue weighted by atomic mass is 10.1. The molecule has 7 heteroatoms. The van der Waals surface area contributed by atoms with E-state index in [1.54, 1.807) is 13.2 Å².